The van der Waals surface area contributed by atoms with Crippen LogP contribution < -0.4 is 21.7 Å². The molecule has 0 aromatic heterocycles. The fourth-order valence-electron chi connectivity index (χ4n) is 8.40. The van der Waals surface area contributed by atoms with Crippen molar-refractivity contribution in [1.29, 1.82) is 0 Å². The second kappa shape index (κ2) is 14.2. The van der Waals surface area contributed by atoms with Gasteiger partial charge in [-0.15, -0.1) is 0 Å². The van der Waals surface area contributed by atoms with Gasteiger partial charge in [0.05, 0.1) is 12.1 Å². The van der Waals surface area contributed by atoms with Crippen molar-refractivity contribution in [2.45, 2.75) is 141 Å². The molecule has 0 aromatic rings. The van der Waals surface area contributed by atoms with E-state index in [9.17, 15) is 28.8 Å². The maximum Gasteiger partial charge on any atom is 0.316 e. The summed E-state index contributed by atoms with van der Waals surface area (Å²) in [6.45, 7) is 4.54. The number of hydrogen-bond donors (Lipinski definition) is 4. The minimum Gasteiger partial charge on any atom is -0.363 e. The predicted octanol–water partition coefficient (Wildman–Crippen LogP) is 3.13. The van der Waals surface area contributed by atoms with Gasteiger partial charge in [0.15, 0.2) is 5.78 Å². The molecule has 0 unspecified atom stereocenters. The fourth-order valence-corrected chi connectivity index (χ4v) is 8.40. The van der Waals surface area contributed by atoms with Crippen molar-refractivity contribution < 1.29 is 28.8 Å². The smallest absolute Gasteiger partial charge is 0.316 e. The number of carbonyl (C=O) groups excluding carboxylic acids is 6. The van der Waals surface area contributed by atoms with Gasteiger partial charge < -0.3 is 26.6 Å². The summed E-state index contributed by atoms with van der Waals surface area (Å²) in [7, 11) is 0. The van der Waals surface area contributed by atoms with Gasteiger partial charge in [-0.2, -0.15) is 0 Å². The molecule has 3 aliphatic carbocycles. The van der Waals surface area contributed by atoms with E-state index in [0.29, 0.717) is 25.8 Å². The molecular formula is C34H53N5O6. The number of nitrogens with one attached hydrogen (secondary N) is 3. The molecule has 6 atom stereocenters. The number of ketones is 2. The molecule has 11 nitrogen and oxygen atoms in total. The van der Waals surface area contributed by atoms with Crippen LogP contribution in [0.1, 0.15) is 117 Å². The maximum atomic E-state index is 14.2. The topological polar surface area (TPSA) is 168 Å². The lowest BCUT2D eigenvalue weighted by molar-refractivity contribution is -0.143. The van der Waals surface area contributed by atoms with E-state index in [0.717, 1.165) is 83.5 Å². The molecule has 3 saturated carbocycles. The third kappa shape index (κ3) is 7.71. The van der Waals surface area contributed by atoms with Gasteiger partial charge in [0.2, 0.25) is 17.6 Å². The first-order valence-electron chi connectivity index (χ1n) is 17.6. The maximum absolute atomic E-state index is 14.2. The Morgan fingerprint density at radius 2 is 1.42 bits per heavy atom. The quantitative estimate of drug-likeness (QED) is 0.316. The van der Waals surface area contributed by atoms with E-state index in [1.165, 1.54) is 0 Å². The van der Waals surface area contributed by atoms with Crippen molar-refractivity contribution in [2.75, 3.05) is 6.54 Å². The Kier molecular flexibility index (Phi) is 10.5. The number of rotatable bonds is 7. The Morgan fingerprint density at radius 1 is 0.844 bits per heavy atom. The molecule has 5 rings (SSSR count). The number of amides is 5. The molecule has 0 radical (unpaired) electrons. The Morgan fingerprint density at radius 3 is 2.04 bits per heavy atom. The van der Waals surface area contributed by atoms with E-state index in [2.05, 4.69) is 29.8 Å². The number of nitrogens with zero attached hydrogens (tertiary/aromatic N) is 1. The number of fused-ring (bicyclic) bond motifs is 3. The zero-order valence-corrected chi connectivity index (χ0v) is 27.1. The molecule has 45 heavy (non-hydrogen) atoms. The predicted molar refractivity (Wildman–Crippen MR) is 167 cm³/mol. The molecule has 2 aliphatic heterocycles. The third-order valence-electron chi connectivity index (χ3n) is 11.4. The van der Waals surface area contributed by atoms with Crippen molar-refractivity contribution in [1.82, 2.24) is 20.9 Å². The summed E-state index contributed by atoms with van der Waals surface area (Å²) < 4.78 is 0. The molecule has 0 bridgehead atoms. The second-order valence-corrected chi connectivity index (χ2v) is 15.0. The number of nitrogens with two attached hydrogens (primary N) is 1. The van der Waals surface area contributed by atoms with Crippen molar-refractivity contribution in [2.24, 2.45) is 34.8 Å². The molecule has 11 heteroatoms. The van der Waals surface area contributed by atoms with Crippen molar-refractivity contribution in [3.05, 3.63) is 0 Å². The molecule has 250 valence electrons. The fraction of sp³-hybridized carbons (Fsp3) is 0.824. The first-order chi connectivity index (χ1) is 21.5. The number of piperidine rings is 1. The normalized spacial score (nSPS) is 32.0. The largest absolute Gasteiger partial charge is 0.363 e. The molecule has 5 aliphatic rings. The molecule has 5 N–H and O–H groups in total. The van der Waals surface area contributed by atoms with Crippen LogP contribution in [-0.4, -0.2) is 70.9 Å². The Balaban J connectivity index is 1.34. The first-order valence-corrected chi connectivity index (χ1v) is 17.6. The van der Waals surface area contributed by atoms with Crippen LogP contribution >= 0.6 is 0 Å². The van der Waals surface area contributed by atoms with Gasteiger partial charge in [-0.1, -0.05) is 78.1 Å². The van der Waals surface area contributed by atoms with Gasteiger partial charge in [0.25, 0.3) is 5.91 Å². The summed E-state index contributed by atoms with van der Waals surface area (Å²) in [4.78, 5) is 80.9. The average Bonchev–Trinajstić information content (AvgIpc) is 3.90. The van der Waals surface area contributed by atoms with Crippen molar-refractivity contribution in [3.63, 3.8) is 0 Å². The summed E-state index contributed by atoms with van der Waals surface area (Å²) in [6.07, 6.45) is 13.7. The third-order valence-corrected chi connectivity index (χ3v) is 11.4. The lowest BCUT2D eigenvalue weighted by Crippen LogP contribution is -2.59. The van der Waals surface area contributed by atoms with E-state index >= 15 is 0 Å². The standard InChI is InChI=1S/C34H53N5O6/c1-34(2)22-19-39-27(25(22)34)31(43)36-23(29(41)30(35)42)15-11-6-4-3-5-7-12-16-24(32(39)44)37-33(45)38-26(28(40)21-17-18-21)20-13-9-8-10-14-20/h20-27H,3-19H2,1-2H3,(H2,35,42)(H,36,43)(H2,37,38,45)/t22-,23-,24-,25-,26-,27-/m0/s1. The number of Topliss-reactive ketones (excluding diaryl/α,β-unsaturated/α-hetero) is 2. The lowest BCUT2D eigenvalue weighted by atomic mass is 9.81. The molecule has 2 heterocycles. The van der Waals surface area contributed by atoms with Crippen molar-refractivity contribution >= 4 is 35.3 Å². The van der Waals surface area contributed by atoms with E-state index in [1.54, 1.807) is 4.90 Å². The number of primary amides is 1. The van der Waals surface area contributed by atoms with Gasteiger partial charge in [-0.25, -0.2) is 4.79 Å². The number of urea groups is 1. The van der Waals surface area contributed by atoms with Crippen LogP contribution in [0.3, 0.4) is 0 Å². The molecule has 0 spiro atoms. The van der Waals surface area contributed by atoms with E-state index < -0.39 is 47.8 Å². The minimum absolute atomic E-state index is 0.0192. The summed E-state index contributed by atoms with van der Waals surface area (Å²) in [6, 6.07) is -3.74. The summed E-state index contributed by atoms with van der Waals surface area (Å²) >= 11 is 0. The van der Waals surface area contributed by atoms with Crippen LogP contribution in [0.15, 0.2) is 0 Å². The minimum atomic E-state index is -1.08. The summed E-state index contributed by atoms with van der Waals surface area (Å²) in [5.74, 6) is -2.41. The van der Waals surface area contributed by atoms with Crippen LogP contribution in [0.5, 0.6) is 0 Å². The van der Waals surface area contributed by atoms with E-state index in [-0.39, 0.29) is 40.8 Å². The number of hydrogen-bond acceptors (Lipinski definition) is 6. The summed E-state index contributed by atoms with van der Waals surface area (Å²) in [5, 5.41) is 8.72. The highest BCUT2D eigenvalue weighted by Gasteiger charge is 2.69. The zero-order chi connectivity index (χ0) is 32.3. The molecule has 0 aromatic carbocycles. The summed E-state index contributed by atoms with van der Waals surface area (Å²) in [5.41, 5.74) is 5.18. The second-order valence-electron chi connectivity index (χ2n) is 15.0. The van der Waals surface area contributed by atoms with Crippen LogP contribution in [0.25, 0.3) is 0 Å². The Hall–Kier alpha value is -2.98. The molecular weight excluding hydrogens is 574 g/mol. The van der Waals surface area contributed by atoms with Crippen LogP contribution in [0.2, 0.25) is 0 Å². The van der Waals surface area contributed by atoms with Gasteiger partial charge in [0, 0.05) is 12.5 Å². The van der Waals surface area contributed by atoms with Gasteiger partial charge in [-0.3, -0.25) is 24.0 Å². The zero-order valence-electron chi connectivity index (χ0n) is 27.1. The average molecular weight is 628 g/mol. The Labute approximate surface area is 266 Å². The van der Waals surface area contributed by atoms with Crippen LogP contribution in [-0.2, 0) is 24.0 Å². The monoisotopic (exact) mass is 627 g/mol. The number of carbonyl (C=O) groups is 6. The lowest BCUT2D eigenvalue weighted by Gasteiger charge is -2.34. The first kappa shape index (κ1) is 33.4. The SMILES string of the molecule is CC1(C)[C@@H]2[C@H]3C(=O)N[C@H](C(=O)C(N)=O)CCCCCCCCC[C@H](NC(=O)N[C@H](C(=O)C4CC4)C4CCCCC4)C(=O)N3C[C@@H]21. The molecule has 2 saturated heterocycles. The van der Waals surface area contributed by atoms with Crippen LogP contribution in [0, 0.1) is 29.1 Å². The Bertz CT molecular complexity index is 1160. The molecule has 5 amide bonds. The van der Waals surface area contributed by atoms with E-state index in [1.807, 2.05) is 0 Å². The highest BCUT2D eigenvalue weighted by molar-refractivity contribution is 6.37. The van der Waals surface area contributed by atoms with Gasteiger partial charge >= 0.3 is 6.03 Å². The van der Waals surface area contributed by atoms with Crippen LogP contribution in [0.4, 0.5) is 4.79 Å². The van der Waals surface area contributed by atoms with Gasteiger partial charge in [0.1, 0.15) is 12.1 Å². The highest BCUT2D eigenvalue weighted by Crippen LogP contribution is 2.65. The molecule has 5 fully saturated rings. The highest BCUT2D eigenvalue weighted by atomic mass is 16.2. The van der Waals surface area contributed by atoms with Gasteiger partial charge in [-0.05, 0) is 61.7 Å². The van der Waals surface area contributed by atoms with E-state index in [4.69, 9.17) is 5.73 Å². The van der Waals surface area contributed by atoms with Crippen molar-refractivity contribution in [3.8, 4) is 0 Å².